The molecule has 8 heteroatoms. The van der Waals surface area contributed by atoms with Crippen LogP contribution in [0.4, 0.5) is 0 Å². The van der Waals surface area contributed by atoms with Crippen molar-refractivity contribution in [2.45, 2.75) is 18.7 Å². The zero-order valence-electron chi connectivity index (χ0n) is 14.3. The van der Waals surface area contributed by atoms with Gasteiger partial charge in [-0.2, -0.15) is 0 Å². The Kier molecular flexibility index (Phi) is 6.79. The van der Waals surface area contributed by atoms with Gasteiger partial charge in [0.1, 0.15) is 5.75 Å². The van der Waals surface area contributed by atoms with Crippen LogP contribution >= 0.6 is 11.6 Å². The predicted octanol–water partition coefficient (Wildman–Crippen LogP) is 3.07. The number of carbonyl (C=O) groups is 1. The number of hydrogen-bond acceptors (Lipinski definition) is 4. The van der Waals surface area contributed by atoms with Gasteiger partial charge in [0.25, 0.3) is 15.9 Å². The van der Waals surface area contributed by atoms with Crippen molar-refractivity contribution in [3.8, 4) is 5.75 Å². The Morgan fingerprint density at radius 1 is 1.19 bits per heavy atom. The molecule has 0 fully saturated rings. The number of aryl methyl sites for hydroxylation is 1. The minimum absolute atomic E-state index is 0.00977. The van der Waals surface area contributed by atoms with Crippen LogP contribution in [0.2, 0.25) is 5.02 Å². The van der Waals surface area contributed by atoms with Crippen molar-refractivity contribution >= 4 is 33.6 Å². The first-order chi connectivity index (χ1) is 12.3. The quantitative estimate of drug-likeness (QED) is 0.558. The zero-order valence-corrected chi connectivity index (χ0v) is 15.9. The predicted molar refractivity (Wildman–Crippen MR) is 101 cm³/mol. The van der Waals surface area contributed by atoms with E-state index in [9.17, 15) is 13.2 Å². The van der Waals surface area contributed by atoms with Gasteiger partial charge < -0.3 is 4.74 Å². The molecule has 2 aromatic carbocycles. The molecule has 0 aliphatic carbocycles. The SMILES string of the molecule is CCOc1ccc(S(=O)(=O)NNC(=O)/C=C/c2ccc(C)c(Cl)c2)cc1. The lowest BCUT2D eigenvalue weighted by atomic mass is 10.1. The standard InChI is InChI=1S/C18H19ClN2O4S/c1-3-25-15-7-9-16(10-8-15)26(23,24)21-20-18(22)11-6-14-5-4-13(2)17(19)12-14/h4-12,21H,3H2,1-2H3,(H,20,22)/b11-6+. The molecule has 6 nitrogen and oxygen atoms in total. The van der Waals surface area contributed by atoms with Crippen LogP contribution in [0.25, 0.3) is 6.08 Å². The van der Waals surface area contributed by atoms with Crippen molar-refractivity contribution in [1.82, 2.24) is 10.3 Å². The molecule has 0 heterocycles. The Morgan fingerprint density at radius 3 is 2.50 bits per heavy atom. The Balaban J connectivity index is 1.96. The maximum atomic E-state index is 12.2. The van der Waals surface area contributed by atoms with Gasteiger partial charge in [-0.1, -0.05) is 23.7 Å². The highest BCUT2D eigenvalue weighted by atomic mass is 35.5. The van der Waals surface area contributed by atoms with Crippen molar-refractivity contribution in [1.29, 1.82) is 0 Å². The number of ether oxygens (including phenoxy) is 1. The van der Waals surface area contributed by atoms with Gasteiger partial charge >= 0.3 is 0 Å². The molecular formula is C18H19ClN2O4S. The first-order valence-corrected chi connectivity index (χ1v) is 9.67. The van der Waals surface area contributed by atoms with Gasteiger partial charge in [0.05, 0.1) is 11.5 Å². The first kappa shape index (κ1) is 20.0. The number of rotatable bonds is 7. The lowest BCUT2D eigenvalue weighted by molar-refractivity contribution is -0.116. The van der Waals surface area contributed by atoms with Crippen LogP contribution in [0.15, 0.2) is 53.4 Å². The second kappa shape index (κ2) is 8.84. The lowest BCUT2D eigenvalue weighted by Gasteiger charge is -2.08. The fourth-order valence-corrected chi connectivity index (χ4v) is 3.02. The number of hydrazine groups is 1. The van der Waals surface area contributed by atoms with Gasteiger partial charge in [-0.15, -0.1) is 4.83 Å². The maximum Gasteiger partial charge on any atom is 0.258 e. The minimum atomic E-state index is -3.87. The molecule has 1 amide bonds. The Hall–Kier alpha value is -2.35. The summed E-state index contributed by atoms with van der Waals surface area (Å²) in [4.78, 5) is 13.9. The molecule has 0 bridgehead atoms. The number of hydrogen-bond donors (Lipinski definition) is 2. The average molecular weight is 395 g/mol. The van der Waals surface area contributed by atoms with Crippen LogP contribution in [-0.4, -0.2) is 20.9 Å². The molecular weight excluding hydrogens is 376 g/mol. The highest BCUT2D eigenvalue weighted by Crippen LogP contribution is 2.17. The molecule has 0 saturated heterocycles. The van der Waals surface area contributed by atoms with Crippen molar-refractivity contribution in [3.63, 3.8) is 0 Å². The number of benzene rings is 2. The van der Waals surface area contributed by atoms with E-state index >= 15 is 0 Å². The fourth-order valence-electron chi connectivity index (χ4n) is 1.98. The monoisotopic (exact) mass is 394 g/mol. The molecule has 0 spiro atoms. The molecule has 2 rings (SSSR count). The van der Waals surface area contributed by atoms with Gasteiger partial charge in [0.2, 0.25) is 0 Å². The topological polar surface area (TPSA) is 84.5 Å². The lowest BCUT2D eigenvalue weighted by Crippen LogP contribution is -2.40. The van der Waals surface area contributed by atoms with E-state index in [1.807, 2.05) is 24.7 Å². The normalized spacial score (nSPS) is 11.5. The summed E-state index contributed by atoms with van der Waals surface area (Å²) in [6.07, 6.45) is 2.74. The molecule has 0 aromatic heterocycles. The third-order valence-electron chi connectivity index (χ3n) is 3.38. The van der Waals surface area contributed by atoms with E-state index in [4.69, 9.17) is 16.3 Å². The van der Waals surface area contributed by atoms with Crippen molar-refractivity contribution < 1.29 is 17.9 Å². The number of nitrogens with one attached hydrogen (secondary N) is 2. The first-order valence-electron chi connectivity index (χ1n) is 7.80. The largest absolute Gasteiger partial charge is 0.494 e. The maximum absolute atomic E-state index is 12.2. The summed E-state index contributed by atoms with van der Waals surface area (Å²) in [5.41, 5.74) is 3.78. The van der Waals surface area contributed by atoms with Crippen molar-refractivity contribution in [2.24, 2.45) is 0 Å². The van der Waals surface area contributed by atoms with Crippen LogP contribution in [0.5, 0.6) is 5.75 Å². The Morgan fingerprint density at radius 2 is 1.88 bits per heavy atom. The smallest absolute Gasteiger partial charge is 0.258 e. The Labute approximate surface area is 157 Å². The van der Waals surface area contributed by atoms with Gasteiger partial charge in [0.15, 0.2) is 0 Å². The zero-order chi connectivity index (χ0) is 19.2. The van der Waals surface area contributed by atoms with Crippen LogP contribution in [-0.2, 0) is 14.8 Å². The van der Waals surface area contributed by atoms with Crippen LogP contribution in [0, 0.1) is 6.92 Å². The van der Waals surface area contributed by atoms with Gasteiger partial charge in [0, 0.05) is 11.1 Å². The van der Waals surface area contributed by atoms with Crippen molar-refractivity contribution in [2.75, 3.05) is 6.61 Å². The second-order valence-corrected chi connectivity index (χ2v) is 7.43. The van der Waals surface area contributed by atoms with E-state index in [1.54, 1.807) is 24.3 Å². The average Bonchev–Trinajstić information content (AvgIpc) is 2.62. The summed E-state index contributed by atoms with van der Waals surface area (Å²) in [5, 5.41) is 0.587. The molecule has 0 saturated carbocycles. The van der Waals surface area contributed by atoms with E-state index in [2.05, 4.69) is 5.43 Å². The van der Waals surface area contributed by atoms with E-state index in [-0.39, 0.29) is 4.90 Å². The van der Waals surface area contributed by atoms with Gasteiger partial charge in [-0.05, 0) is 61.4 Å². The number of amides is 1. The molecule has 0 aliphatic rings. The summed E-state index contributed by atoms with van der Waals surface area (Å²) in [6, 6.07) is 11.2. The molecule has 0 unspecified atom stereocenters. The van der Waals surface area contributed by atoms with E-state index in [0.717, 1.165) is 11.1 Å². The molecule has 0 aliphatic heterocycles. The van der Waals surface area contributed by atoms with Crippen LogP contribution in [0.3, 0.4) is 0 Å². The molecule has 0 radical (unpaired) electrons. The molecule has 2 aromatic rings. The summed E-state index contributed by atoms with van der Waals surface area (Å²) in [7, 11) is -3.87. The van der Waals surface area contributed by atoms with Crippen molar-refractivity contribution in [3.05, 3.63) is 64.7 Å². The highest BCUT2D eigenvalue weighted by Gasteiger charge is 2.14. The summed E-state index contributed by atoms with van der Waals surface area (Å²) in [6.45, 7) is 4.19. The van der Waals surface area contributed by atoms with E-state index < -0.39 is 15.9 Å². The third kappa shape index (κ3) is 5.59. The molecule has 2 N–H and O–H groups in total. The van der Waals surface area contributed by atoms with Gasteiger partial charge in [-0.3, -0.25) is 10.2 Å². The number of halogens is 1. The summed E-state index contributed by atoms with van der Waals surface area (Å²) < 4.78 is 29.6. The summed E-state index contributed by atoms with van der Waals surface area (Å²) in [5.74, 6) is -0.0496. The fraction of sp³-hybridized carbons (Fsp3) is 0.167. The second-order valence-electron chi connectivity index (χ2n) is 5.34. The number of sulfonamides is 1. The Bertz CT molecular complexity index is 909. The molecule has 138 valence electrons. The highest BCUT2D eigenvalue weighted by molar-refractivity contribution is 7.89. The van der Waals surface area contributed by atoms with Crippen LogP contribution < -0.4 is 15.0 Å². The van der Waals surface area contributed by atoms with E-state index in [1.165, 1.54) is 24.3 Å². The number of carbonyl (C=O) groups excluding carboxylic acids is 1. The third-order valence-corrected chi connectivity index (χ3v) is 5.05. The summed E-state index contributed by atoms with van der Waals surface area (Å²) >= 11 is 6.01. The molecule has 0 atom stereocenters. The molecule has 26 heavy (non-hydrogen) atoms. The van der Waals surface area contributed by atoms with Gasteiger partial charge in [-0.25, -0.2) is 8.42 Å². The van der Waals surface area contributed by atoms with Crippen LogP contribution in [0.1, 0.15) is 18.1 Å². The van der Waals surface area contributed by atoms with E-state index in [0.29, 0.717) is 17.4 Å². The minimum Gasteiger partial charge on any atom is -0.494 e.